The second-order valence-corrected chi connectivity index (χ2v) is 11.6. The molecule has 0 spiro atoms. The van der Waals surface area contributed by atoms with E-state index in [1.165, 1.54) is 34.8 Å². The molecule has 13 heteroatoms. The molecule has 0 unspecified atom stereocenters. The number of aromatic nitrogens is 1. The van der Waals surface area contributed by atoms with E-state index < -0.39 is 21.8 Å². The number of sulfonamides is 1. The fraction of sp³-hybridized carbons (Fsp3) is 0.542. The third-order valence-corrected chi connectivity index (χ3v) is 8.95. The molecule has 37 heavy (non-hydrogen) atoms. The number of aliphatic hydroxyl groups is 1. The van der Waals surface area contributed by atoms with E-state index in [9.17, 15) is 26.7 Å². The van der Waals surface area contributed by atoms with Crippen molar-refractivity contribution in [2.75, 3.05) is 56.6 Å². The van der Waals surface area contributed by atoms with E-state index in [2.05, 4.69) is 9.88 Å². The van der Waals surface area contributed by atoms with Gasteiger partial charge >= 0.3 is 6.18 Å². The van der Waals surface area contributed by atoms with E-state index in [-0.39, 0.29) is 41.4 Å². The van der Waals surface area contributed by atoms with Crippen LogP contribution in [0.15, 0.2) is 47.5 Å². The summed E-state index contributed by atoms with van der Waals surface area (Å²) in [6.45, 7) is 5.81. The smallest absolute Gasteiger partial charge is 0.384 e. The monoisotopic (exact) mass is 543 g/mol. The summed E-state index contributed by atoms with van der Waals surface area (Å²) in [4.78, 5) is 8.20. The van der Waals surface area contributed by atoms with E-state index in [4.69, 9.17) is 10.5 Å². The Morgan fingerprint density at radius 2 is 1.84 bits per heavy atom. The van der Waals surface area contributed by atoms with Crippen LogP contribution < -0.4 is 10.6 Å². The van der Waals surface area contributed by atoms with E-state index in [1.807, 2.05) is 11.8 Å². The Morgan fingerprint density at radius 3 is 2.43 bits per heavy atom. The fourth-order valence-electron chi connectivity index (χ4n) is 4.68. The lowest BCUT2D eigenvalue weighted by atomic mass is 9.95. The maximum absolute atomic E-state index is 13.4. The van der Waals surface area contributed by atoms with Gasteiger partial charge in [0, 0.05) is 50.6 Å². The van der Waals surface area contributed by atoms with E-state index in [0.717, 1.165) is 6.92 Å². The molecule has 204 valence electrons. The Hall–Kier alpha value is -2.45. The van der Waals surface area contributed by atoms with Gasteiger partial charge in [-0.05, 0) is 43.7 Å². The number of hydrogen-bond donors (Lipinski definition) is 2. The molecule has 0 amide bonds. The number of nitrogens with two attached hydrogens (primary N) is 1. The van der Waals surface area contributed by atoms with Crippen LogP contribution in [0.2, 0.25) is 0 Å². The molecule has 2 saturated heterocycles. The van der Waals surface area contributed by atoms with Crippen molar-refractivity contribution in [3.8, 4) is 0 Å². The Bertz CT molecular complexity index is 1180. The van der Waals surface area contributed by atoms with Crippen molar-refractivity contribution < 1.29 is 31.4 Å². The molecule has 0 saturated carbocycles. The first kappa shape index (κ1) is 27.6. The molecule has 0 aliphatic carbocycles. The van der Waals surface area contributed by atoms with Crippen LogP contribution in [0.5, 0.6) is 0 Å². The van der Waals surface area contributed by atoms with Gasteiger partial charge in [-0.25, -0.2) is 13.4 Å². The summed E-state index contributed by atoms with van der Waals surface area (Å²) < 4.78 is 73.5. The zero-order valence-electron chi connectivity index (χ0n) is 20.7. The van der Waals surface area contributed by atoms with Crippen LogP contribution in [0.25, 0.3) is 0 Å². The fourth-order valence-corrected chi connectivity index (χ4v) is 6.09. The van der Waals surface area contributed by atoms with Crippen LogP contribution >= 0.6 is 0 Å². The highest BCUT2D eigenvalue weighted by atomic mass is 32.2. The maximum Gasteiger partial charge on any atom is 0.421 e. The van der Waals surface area contributed by atoms with Crippen molar-refractivity contribution >= 4 is 21.5 Å². The number of benzene rings is 1. The van der Waals surface area contributed by atoms with E-state index >= 15 is 0 Å². The standard InChI is InChI=1S/C24H32F3N5O4S/c1-17-16-36-12-11-30(17)14-20-15-31(37(34,35)21-7-8-22(28)29-13-21)9-10-32(20)19-5-3-18(4-6-19)23(2,33)24(25,26)27/h3-8,13,17,20,33H,9-12,14-16H2,1-2H3,(H2,28,29)/t17-,20+,23+/m1/s1. The molecule has 3 atom stereocenters. The molecule has 3 N–H and O–H groups in total. The third-order valence-electron chi connectivity index (χ3n) is 7.11. The predicted octanol–water partition coefficient (Wildman–Crippen LogP) is 2.03. The van der Waals surface area contributed by atoms with Gasteiger partial charge < -0.3 is 20.5 Å². The van der Waals surface area contributed by atoms with Crippen molar-refractivity contribution in [3.05, 3.63) is 48.2 Å². The van der Waals surface area contributed by atoms with Crippen LogP contribution in [-0.2, 0) is 20.4 Å². The minimum atomic E-state index is -4.82. The Kier molecular flexibility index (Phi) is 7.73. The molecule has 0 bridgehead atoms. The van der Waals surface area contributed by atoms with Gasteiger partial charge in [-0.1, -0.05) is 12.1 Å². The summed E-state index contributed by atoms with van der Waals surface area (Å²) >= 11 is 0. The molecule has 2 fully saturated rings. The number of pyridine rings is 1. The molecule has 1 aromatic carbocycles. The number of alkyl halides is 3. The van der Waals surface area contributed by atoms with Crippen molar-refractivity contribution in [1.29, 1.82) is 0 Å². The van der Waals surface area contributed by atoms with Crippen molar-refractivity contribution in [1.82, 2.24) is 14.2 Å². The second kappa shape index (κ2) is 10.4. The molecule has 9 nitrogen and oxygen atoms in total. The minimum Gasteiger partial charge on any atom is -0.384 e. The number of nitrogen functional groups attached to an aromatic ring is 1. The molecule has 2 aliphatic heterocycles. The lowest BCUT2D eigenvalue weighted by Crippen LogP contribution is -2.60. The van der Waals surface area contributed by atoms with E-state index in [0.29, 0.717) is 38.5 Å². The summed E-state index contributed by atoms with van der Waals surface area (Å²) in [5.74, 6) is 0.218. The molecule has 0 radical (unpaired) electrons. The van der Waals surface area contributed by atoms with Crippen molar-refractivity contribution in [2.45, 2.75) is 42.6 Å². The second-order valence-electron chi connectivity index (χ2n) is 9.66. The normalized spacial score (nSPS) is 24.1. The molecular formula is C24H32F3N5O4S. The summed E-state index contributed by atoms with van der Waals surface area (Å²) in [6, 6.07) is 8.33. The average Bonchev–Trinajstić information content (AvgIpc) is 2.85. The van der Waals surface area contributed by atoms with Crippen LogP contribution in [0.3, 0.4) is 0 Å². The van der Waals surface area contributed by atoms with Gasteiger partial charge in [-0.3, -0.25) is 4.90 Å². The summed E-state index contributed by atoms with van der Waals surface area (Å²) in [7, 11) is -3.83. The predicted molar refractivity (Wildman–Crippen MR) is 132 cm³/mol. The Labute approximate surface area is 214 Å². The topological polar surface area (TPSA) is 112 Å². The van der Waals surface area contributed by atoms with Gasteiger partial charge in [-0.2, -0.15) is 17.5 Å². The number of ether oxygens (including phenoxy) is 1. The third kappa shape index (κ3) is 5.70. The number of hydrogen-bond acceptors (Lipinski definition) is 8. The molecule has 4 rings (SSSR count). The number of piperazine rings is 1. The van der Waals surface area contributed by atoms with Crippen LogP contribution in [0.4, 0.5) is 24.7 Å². The van der Waals surface area contributed by atoms with Gasteiger partial charge in [0.15, 0.2) is 5.60 Å². The SMILES string of the molecule is C[C@@H]1COCCN1C[C@H]1CN(S(=O)(=O)c2ccc(N)nc2)CCN1c1ccc([C@](C)(O)C(F)(F)F)cc1. The van der Waals surface area contributed by atoms with Gasteiger partial charge in [-0.15, -0.1) is 0 Å². The Balaban J connectivity index is 1.61. The maximum atomic E-state index is 13.4. The van der Waals surface area contributed by atoms with Gasteiger partial charge in [0.05, 0.1) is 19.3 Å². The van der Waals surface area contributed by atoms with Gasteiger partial charge in [0.2, 0.25) is 10.0 Å². The zero-order chi connectivity index (χ0) is 27.0. The number of nitrogens with zero attached hydrogens (tertiary/aromatic N) is 4. The molecule has 2 aromatic rings. The van der Waals surface area contributed by atoms with Gasteiger partial charge in [0.1, 0.15) is 10.7 Å². The lowest BCUT2D eigenvalue weighted by Gasteiger charge is -2.45. The highest BCUT2D eigenvalue weighted by Crippen LogP contribution is 2.39. The van der Waals surface area contributed by atoms with Crippen molar-refractivity contribution in [3.63, 3.8) is 0 Å². The summed E-state index contributed by atoms with van der Waals surface area (Å²) in [5.41, 5.74) is 3.02. The molecule has 3 heterocycles. The number of halogens is 3. The average molecular weight is 544 g/mol. The highest BCUT2D eigenvalue weighted by Gasteiger charge is 2.51. The van der Waals surface area contributed by atoms with Crippen molar-refractivity contribution in [2.24, 2.45) is 0 Å². The first-order valence-electron chi connectivity index (χ1n) is 12.0. The number of anilines is 2. The highest BCUT2D eigenvalue weighted by molar-refractivity contribution is 7.89. The molecule has 2 aliphatic rings. The molecule has 1 aromatic heterocycles. The minimum absolute atomic E-state index is 0.0485. The van der Waals surface area contributed by atoms with Gasteiger partial charge in [0.25, 0.3) is 0 Å². The quantitative estimate of drug-likeness (QED) is 0.570. The van der Waals surface area contributed by atoms with E-state index in [1.54, 1.807) is 12.1 Å². The largest absolute Gasteiger partial charge is 0.421 e. The summed E-state index contributed by atoms with van der Waals surface area (Å²) in [6.07, 6.45) is -3.58. The summed E-state index contributed by atoms with van der Waals surface area (Å²) in [5, 5.41) is 10.0. The van der Waals surface area contributed by atoms with Crippen LogP contribution in [-0.4, -0.2) is 91.9 Å². The molecular weight excluding hydrogens is 511 g/mol. The number of rotatable bonds is 6. The zero-order valence-corrected chi connectivity index (χ0v) is 21.5. The Morgan fingerprint density at radius 1 is 1.14 bits per heavy atom. The number of morpholine rings is 1. The van der Waals surface area contributed by atoms with Crippen LogP contribution in [0, 0.1) is 0 Å². The first-order chi connectivity index (χ1) is 17.3. The van der Waals surface area contributed by atoms with Crippen LogP contribution in [0.1, 0.15) is 19.4 Å². The lowest BCUT2D eigenvalue weighted by molar-refractivity contribution is -0.258. The first-order valence-corrected chi connectivity index (χ1v) is 13.4.